The highest BCUT2D eigenvalue weighted by molar-refractivity contribution is 7.91. The Morgan fingerprint density at radius 1 is 0.909 bits per heavy atom. The summed E-state index contributed by atoms with van der Waals surface area (Å²) in [7, 11) is -1.67. The van der Waals surface area contributed by atoms with Crippen molar-refractivity contribution in [2.45, 2.75) is 104 Å². The molecule has 55 heavy (non-hydrogen) atoms. The summed E-state index contributed by atoms with van der Waals surface area (Å²) < 4.78 is 65.1. The molecule has 5 fully saturated rings. The molecule has 1 saturated heterocycles. The molecule has 0 bridgehead atoms. The highest BCUT2D eigenvalue weighted by atomic mass is 32.2. The Labute approximate surface area is 326 Å². The van der Waals surface area contributed by atoms with E-state index in [1.165, 1.54) is 12.6 Å². The minimum atomic E-state index is -4.91. The number of rotatable bonds is 8. The monoisotopic (exact) mass is 789 g/mol. The molecule has 306 valence electrons. The van der Waals surface area contributed by atoms with Crippen molar-refractivity contribution >= 4 is 27.3 Å². The lowest BCUT2D eigenvalue weighted by Gasteiger charge is -2.72. The maximum atomic E-state index is 13.7. The Morgan fingerprint density at radius 3 is 2.22 bits per heavy atom. The van der Waals surface area contributed by atoms with Gasteiger partial charge in [0.15, 0.2) is 9.84 Å². The van der Waals surface area contributed by atoms with Gasteiger partial charge in [0.25, 0.3) is 0 Å². The molecule has 12 heteroatoms. The average molecular weight is 790 g/mol. The lowest BCUT2D eigenvalue weighted by Crippen LogP contribution is -2.68. The molecule has 0 spiro atoms. The van der Waals surface area contributed by atoms with Crippen LogP contribution < -0.4 is 5.32 Å². The van der Waals surface area contributed by atoms with Gasteiger partial charge in [-0.3, -0.25) is 4.79 Å². The first-order chi connectivity index (χ1) is 25.6. The fourth-order valence-corrected chi connectivity index (χ4v) is 15.5. The summed E-state index contributed by atoms with van der Waals surface area (Å²) >= 11 is 0. The van der Waals surface area contributed by atoms with Crippen molar-refractivity contribution < 1.29 is 36.3 Å². The summed E-state index contributed by atoms with van der Waals surface area (Å²) in [5, 5.41) is 13.5. The predicted octanol–water partition coefficient (Wildman–Crippen LogP) is 7.55. The van der Waals surface area contributed by atoms with Gasteiger partial charge >= 0.3 is 18.1 Å². The molecule has 4 saturated carbocycles. The third-order valence-electron chi connectivity index (χ3n) is 17.0. The maximum Gasteiger partial charge on any atom is 0.471 e. The largest absolute Gasteiger partial charge is 0.478 e. The number of alkyl halides is 3. The van der Waals surface area contributed by atoms with Gasteiger partial charge in [0.2, 0.25) is 0 Å². The van der Waals surface area contributed by atoms with Crippen molar-refractivity contribution in [3.63, 3.8) is 0 Å². The summed E-state index contributed by atoms with van der Waals surface area (Å²) in [4.78, 5) is 27.2. The number of aromatic carboxylic acids is 1. The highest BCUT2D eigenvalue weighted by Gasteiger charge is 2.70. The van der Waals surface area contributed by atoms with Crippen LogP contribution in [0.15, 0.2) is 30.3 Å². The summed E-state index contributed by atoms with van der Waals surface area (Å²) in [6.07, 6.45) is 6.35. The summed E-state index contributed by atoms with van der Waals surface area (Å²) in [5.74, 6) is -1.06. The average Bonchev–Trinajstić information content (AvgIpc) is 3.46. The highest BCUT2D eigenvalue weighted by Crippen LogP contribution is 2.76. The number of carboxylic acid groups (broad SMARTS) is 1. The molecule has 0 aromatic heterocycles. The molecule has 5 aliphatic carbocycles. The molecule has 1 aliphatic heterocycles. The van der Waals surface area contributed by atoms with Crippen LogP contribution in [-0.2, 0) is 14.6 Å². The van der Waals surface area contributed by atoms with E-state index < -0.39 is 27.9 Å². The van der Waals surface area contributed by atoms with Gasteiger partial charge in [-0.2, -0.15) is 13.2 Å². The fourth-order valence-electron chi connectivity index (χ4n) is 14.2. The SMILES string of the molecule is CN(CC1CCC2(NCCN3CCS(=O)(=O)CC3)CCC3(C)C(CCC4C5(C)CC=C(c6ccc(C(=O)O)cc6)C(C)(C)C5CCC43C)C12)C(=O)C(F)(F)F. The number of carbonyl (C=O) groups is 2. The van der Waals surface area contributed by atoms with E-state index in [-0.39, 0.29) is 62.6 Å². The van der Waals surface area contributed by atoms with E-state index in [1.54, 1.807) is 12.1 Å². The van der Waals surface area contributed by atoms with Crippen molar-refractivity contribution in [2.24, 2.45) is 51.2 Å². The van der Waals surface area contributed by atoms with Gasteiger partial charge in [0, 0.05) is 45.3 Å². The van der Waals surface area contributed by atoms with Crippen LogP contribution in [0.5, 0.6) is 0 Å². The van der Waals surface area contributed by atoms with Gasteiger partial charge < -0.3 is 20.2 Å². The van der Waals surface area contributed by atoms with E-state index >= 15 is 0 Å². The zero-order valence-electron chi connectivity index (χ0n) is 33.6. The number of halogens is 3. The molecule has 1 amide bonds. The molecule has 0 radical (unpaired) electrons. The van der Waals surface area contributed by atoms with Gasteiger partial charge in [0.05, 0.1) is 17.1 Å². The standard InChI is InChI=1S/C43H62F3N3O5S/c1-38(2)31(28-7-9-29(10-8-28)36(50)51)14-16-39(3)33(38)15-17-41(5)34(39)12-11-32-35-30(27-48(6)37(52)43(44,45)46)13-18-42(35,20-19-40(32,41)4)47-21-22-49-23-25-55(53,54)26-24-49/h7-10,14,30,32-35,47H,11-13,15-27H2,1-6H3,(H,50,51). The molecule has 8 nitrogen and oxygen atoms in total. The van der Waals surface area contributed by atoms with Crippen LogP contribution in [0.2, 0.25) is 0 Å². The molecule has 6 aliphatic rings. The molecular formula is C43H62F3N3O5S. The van der Waals surface area contributed by atoms with Crippen molar-refractivity contribution in [3.05, 3.63) is 41.5 Å². The van der Waals surface area contributed by atoms with E-state index in [2.05, 4.69) is 50.9 Å². The number of fused-ring (bicyclic) bond motifs is 7. The van der Waals surface area contributed by atoms with Crippen molar-refractivity contribution in [1.82, 2.24) is 15.1 Å². The number of benzene rings is 1. The molecule has 7 rings (SSSR count). The molecule has 9 atom stereocenters. The second kappa shape index (κ2) is 13.8. The summed E-state index contributed by atoms with van der Waals surface area (Å²) in [6.45, 7) is 14.9. The number of carbonyl (C=O) groups excluding carboxylic acids is 1. The molecule has 1 aromatic rings. The Balaban J connectivity index is 1.17. The molecular weight excluding hydrogens is 728 g/mol. The topological polar surface area (TPSA) is 107 Å². The molecule has 1 aromatic carbocycles. The summed E-state index contributed by atoms with van der Waals surface area (Å²) in [5.41, 5.74) is 2.37. The van der Waals surface area contributed by atoms with Crippen LogP contribution in [0.4, 0.5) is 13.2 Å². The molecule has 2 N–H and O–H groups in total. The van der Waals surface area contributed by atoms with Crippen LogP contribution in [0.1, 0.15) is 108 Å². The van der Waals surface area contributed by atoms with Crippen molar-refractivity contribution in [1.29, 1.82) is 0 Å². The molecule has 1 heterocycles. The lowest BCUT2D eigenvalue weighted by molar-refractivity contribution is -0.221. The third-order valence-corrected chi connectivity index (χ3v) is 18.6. The third kappa shape index (κ3) is 6.69. The number of nitrogens with one attached hydrogen (secondary N) is 1. The lowest BCUT2D eigenvalue weighted by atomic mass is 9.33. The Kier molecular flexibility index (Phi) is 10.3. The number of hydrogen-bond donors (Lipinski definition) is 2. The van der Waals surface area contributed by atoms with E-state index in [4.69, 9.17) is 0 Å². The first-order valence-electron chi connectivity index (χ1n) is 20.6. The Hall–Kier alpha value is -2.44. The fraction of sp³-hybridized carbons (Fsp3) is 0.767. The van der Waals surface area contributed by atoms with E-state index in [0.717, 1.165) is 74.8 Å². The van der Waals surface area contributed by atoms with Gasteiger partial charge in [0.1, 0.15) is 0 Å². The van der Waals surface area contributed by atoms with Gasteiger partial charge in [-0.25, -0.2) is 13.2 Å². The summed E-state index contributed by atoms with van der Waals surface area (Å²) in [6, 6.07) is 7.31. The normalized spacial score (nSPS) is 39.5. The zero-order chi connectivity index (χ0) is 40.0. The number of hydrogen-bond acceptors (Lipinski definition) is 6. The second-order valence-corrected chi connectivity index (χ2v) is 22.0. The van der Waals surface area contributed by atoms with Crippen LogP contribution in [-0.4, -0.2) is 98.2 Å². The number of sulfone groups is 1. The van der Waals surface area contributed by atoms with Crippen molar-refractivity contribution in [3.8, 4) is 0 Å². The number of allylic oxidation sites excluding steroid dienone is 2. The van der Waals surface area contributed by atoms with Crippen LogP contribution in [0.3, 0.4) is 0 Å². The van der Waals surface area contributed by atoms with Crippen LogP contribution >= 0.6 is 0 Å². The second-order valence-electron chi connectivity index (χ2n) is 19.7. The Morgan fingerprint density at radius 2 is 1.58 bits per heavy atom. The van der Waals surface area contributed by atoms with E-state index in [9.17, 15) is 36.3 Å². The van der Waals surface area contributed by atoms with E-state index in [0.29, 0.717) is 37.4 Å². The minimum absolute atomic E-state index is 0.0258. The smallest absolute Gasteiger partial charge is 0.471 e. The number of amides is 1. The first-order valence-corrected chi connectivity index (χ1v) is 22.4. The Bertz CT molecular complexity index is 1800. The van der Waals surface area contributed by atoms with Crippen molar-refractivity contribution in [2.75, 3.05) is 51.3 Å². The zero-order valence-corrected chi connectivity index (χ0v) is 34.4. The van der Waals surface area contributed by atoms with Crippen LogP contribution in [0.25, 0.3) is 5.57 Å². The van der Waals surface area contributed by atoms with Gasteiger partial charge in [-0.1, -0.05) is 52.8 Å². The number of carboxylic acids is 1. The minimum Gasteiger partial charge on any atom is -0.478 e. The quantitative estimate of drug-likeness (QED) is 0.280. The predicted molar refractivity (Wildman–Crippen MR) is 208 cm³/mol. The number of nitrogens with zero attached hydrogens (tertiary/aromatic N) is 2. The van der Waals surface area contributed by atoms with Gasteiger partial charge in [-0.15, -0.1) is 0 Å². The van der Waals surface area contributed by atoms with E-state index in [1.807, 2.05) is 12.1 Å². The van der Waals surface area contributed by atoms with Crippen LogP contribution in [0, 0.1) is 51.2 Å². The maximum absolute atomic E-state index is 13.7. The molecule has 9 unspecified atom stereocenters. The first kappa shape index (κ1) is 40.7. The van der Waals surface area contributed by atoms with Gasteiger partial charge in [-0.05, 0) is 132 Å².